The van der Waals surface area contributed by atoms with Crippen molar-refractivity contribution in [2.75, 3.05) is 26.2 Å². The number of allylic oxidation sites excluding steroid dienone is 1. The SMILES string of the molecule is C=CC.CC[N+](CC)(CC)CC.O=C([O-])O. The van der Waals surface area contributed by atoms with Crippen LogP contribution in [0.4, 0.5) is 4.79 Å². The second-order valence-electron chi connectivity index (χ2n) is 3.28. The fourth-order valence-electron chi connectivity index (χ4n) is 1.34. The Morgan fingerprint density at radius 3 is 1.31 bits per heavy atom. The summed E-state index contributed by atoms with van der Waals surface area (Å²) in [5.74, 6) is 0. The molecule has 4 nitrogen and oxygen atoms in total. The van der Waals surface area contributed by atoms with Gasteiger partial charge in [0.15, 0.2) is 0 Å². The van der Waals surface area contributed by atoms with Crippen LogP contribution in [0.2, 0.25) is 0 Å². The number of hydrogen-bond donors (Lipinski definition) is 1. The number of rotatable bonds is 4. The summed E-state index contributed by atoms with van der Waals surface area (Å²) in [6.45, 7) is 19.5. The summed E-state index contributed by atoms with van der Waals surface area (Å²) in [4.78, 5) is 8.44. The van der Waals surface area contributed by atoms with Crippen LogP contribution in [0.1, 0.15) is 34.6 Å². The van der Waals surface area contributed by atoms with Crippen LogP contribution in [0, 0.1) is 0 Å². The van der Waals surface area contributed by atoms with E-state index in [1.807, 2.05) is 6.92 Å². The van der Waals surface area contributed by atoms with Gasteiger partial charge in [0, 0.05) is 0 Å². The van der Waals surface area contributed by atoms with E-state index >= 15 is 0 Å². The minimum atomic E-state index is -2.08. The van der Waals surface area contributed by atoms with Crippen molar-refractivity contribution in [1.29, 1.82) is 0 Å². The molecule has 0 aliphatic rings. The molecular formula is C12H27NO3. The number of hydrogen-bond acceptors (Lipinski definition) is 2. The van der Waals surface area contributed by atoms with Crippen LogP contribution in [-0.2, 0) is 0 Å². The zero-order valence-electron chi connectivity index (χ0n) is 11.3. The Morgan fingerprint density at radius 1 is 1.19 bits per heavy atom. The molecular weight excluding hydrogens is 206 g/mol. The van der Waals surface area contributed by atoms with E-state index in [0.29, 0.717) is 0 Å². The van der Waals surface area contributed by atoms with Crippen molar-refractivity contribution in [3.63, 3.8) is 0 Å². The third-order valence-corrected chi connectivity index (χ3v) is 2.68. The van der Waals surface area contributed by atoms with Crippen molar-refractivity contribution in [2.24, 2.45) is 0 Å². The molecule has 0 rings (SSSR count). The largest absolute Gasteiger partial charge is 0.565 e. The standard InChI is InChI=1S/C8H20N.C3H6.CH2O3/c1-5-9(6-2,7-3)8-4;1-3-2;2-1(3)4/h5-8H2,1-4H3;3H,1H2,2H3;(H2,2,3,4)/q+1;;/p-1. The van der Waals surface area contributed by atoms with E-state index in [1.54, 1.807) is 6.08 Å². The molecule has 0 saturated heterocycles. The number of carboxylic acid groups (broad SMARTS) is 2. The van der Waals surface area contributed by atoms with Gasteiger partial charge in [0.2, 0.25) is 6.16 Å². The highest BCUT2D eigenvalue weighted by Crippen LogP contribution is 2.03. The van der Waals surface area contributed by atoms with Crippen molar-refractivity contribution >= 4 is 6.16 Å². The maximum absolute atomic E-state index is 8.44. The second-order valence-corrected chi connectivity index (χ2v) is 3.28. The monoisotopic (exact) mass is 233 g/mol. The van der Waals surface area contributed by atoms with E-state index < -0.39 is 6.16 Å². The van der Waals surface area contributed by atoms with E-state index in [1.165, 1.54) is 30.7 Å². The molecule has 0 amide bonds. The fourth-order valence-corrected chi connectivity index (χ4v) is 1.34. The summed E-state index contributed by atoms with van der Waals surface area (Å²) >= 11 is 0. The van der Waals surface area contributed by atoms with E-state index in [2.05, 4.69) is 34.3 Å². The van der Waals surface area contributed by atoms with Crippen LogP contribution in [0.3, 0.4) is 0 Å². The van der Waals surface area contributed by atoms with E-state index in [9.17, 15) is 0 Å². The third-order valence-electron chi connectivity index (χ3n) is 2.68. The molecule has 0 aliphatic carbocycles. The van der Waals surface area contributed by atoms with Gasteiger partial charge in [-0.1, -0.05) is 6.08 Å². The highest BCUT2D eigenvalue weighted by Gasteiger charge is 2.16. The number of carbonyl (C=O) groups is 1. The van der Waals surface area contributed by atoms with E-state index in [0.717, 1.165) is 0 Å². The van der Waals surface area contributed by atoms with E-state index in [4.69, 9.17) is 15.0 Å². The summed E-state index contributed by atoms with van der Waals surface area (Å²) in [5.41, 5.74) is 0. The van der Waals surface area contributed by atoms with Crippen LogP contribution < -0.4 is 5.11 Å². The summed E-state index contributed by atoms with van der Waals surface area (Å²) in [5, 5.41) is 15.3. The Hall–Kier alpha value is -1.03. The molecule has 98 valence electrons. The molecule has 0 radical (unpaired) electrons. The number of nitrogens with zero attached hydrogens (tertiary/aromatic N) is 1. The van der Waals surface area contributed by atoms with Crippen molar-refractivity contribution < 1.29 is 19.5 Å². The van der Waals surface area contributed by atoms with Crippen molar-refractivity contribution in [3.05, 3.63) is 12.7 Å². The predicted octanol–water partition coefficient (Wildman–Crippen LogP) is 1.96. The molecule has 0 unspecified atom stereocenters. The molecule has 0 saturated carbocycles. The van der Waals surface area contributed by atoms with Crippen LogP contribution in [0.15, 0.2) is 12.7 Å². The molecule has 0 heterocycles. The van der Waals surface area contributed by atoms with Crippen LogP contribution >= 0.6 is 0 Å². The Balaban J connectivity index is -0.000000201. The molecule has 0 aromatic heterocycles. The van der Waals surface area contributed by atoms with Crippen LogP contribution in [0.25, 0.3) is 0 Å². The van der Waals surface area contributed by atoms with Crippen molar-refractivity contribution in [3.8, 4) is 0 Å². The van der Waals surface area contributed by atoms with Gasteiger partial charge in [-0.25, -0.2) is 0 Å². The maximum Gasteiger partial charge on any atom is 0.249 e. The summed E-state index contributed by atoms with van der Waals surface area (Å²) in [7, 11) is 0. The van der Waals surface area contributed by atoms with Gasteiger partial charge in [-0.2, -0.15) is 0 Å². The minimum Gasteiger partial charge on any atom is -0.565 e. The quantitative estimate of drug-likeness (QED) is 0.596. The molecule has 0 aromatic carbocycles. The smallest absolute Gasteiger partial charge is 0.249 e. The van der Waals surface area contributed by atoms with E-state index in [-0.39, 0.29) is 0 Å². The Bertz CT molecular complexity index is 144. The lowest BCUT2D eigenvalue weighted by molar-refractivity contribution is -0.921. The molecule has 16 heavy (non-hydrogen) atoms. The summed E-state index contributed by atoms with van der Waals surface area (Å²) in [6, 6.07) is 0. The molecule has 0 aliphatic heterocycles. The topological polar surface area (TPSA) is 60.4 Å². The normalized spacial score (nSPS) is 9.06. The Morgan fingerprint density at radius 2 is 1.31 bits per heavy atom. The van der Waals surface area contributed by atoms with Crippen molar-refractivity contribution in [2.45, 2.75) is 34.6 Å². The number of quaternary nitrogens is 1. The van der Waals surface area contributed by atoms with Gasteiger partial charge in [0.05, 0.1) is 26.2 Å². The summed E-state index contributed by atoms with van der Waals surface area (Å²) in [6.07, 6.45) is -0.333. The molecule has 1 N–H and O–H groups in total. The minimum absolute atomic E-state index is 1.28. The first kappa shape index (κ1) is 20.4. The fraction of sp³-hybridized carbons (Fsp3) is 0.750. The first-order valence-corrected chi connectivity index (χ1v) is 5.71. The lowest BCUT2D eigenvalue weighted by atomic mass is 10.3. The van der Waals surface area contributed by atoms with Gasteiger partial charge in [-0.3, -0.25) is 0 Å². The van der Waals surface area contributed by atoms with Crippen LogP contribution in [-0.4, -0.2) is 41.9 Å². The maximum atomic E-state index is 8.44. The zero-order chi connectivity index (χ0) is 13.6. The average Bonchev–Trinajstić information content (AvgIpc) is 2.22. The highest BCUT2D eigenvalue weighted by atomic mass is 16.6. The average molecular weight is 233 g/mol. The Labute approximate surface area is 99.8 Å². The van der Waals surface area contributed by atoms with Crippen molar-refractivity contribution in [1.82, 2.24) is 0 Å². The van der Waals surface area contributed by atoms with Gasteiger partial charge in [-0.05, 0) is 34.6 Å². The summed E-state index contributed by atoms with van der Waals surface area (Å²) < 4.78 is 1.28. The van der Waals surface area contributed by atoms with Gasteiger partial charge in [0.1, 0.15) is 0 Å². The lowest BCUT2D eigenvalue weighted by Gasteiger charge is -2.34. The lowest BCUT2D eigenvalue weighted by Crippen LogP contribution is -2.47. The van der Waals surface area contributed by atoms with Gasteiger partial charge in [0.25, 0.3) is 0 Å². The molecule has 0 spiro atoms. The molecule has 4 heteroatoms. The first-order chi connectivity index (χ1) is 7.39. The molecule has 0 bridgehead atoms. The zero-order valence-corrected chi connectivity index (χ0v) is 11.3. The predicted molar refractivity (Wildman–Crippen MR) is 66.3 cm³/mol. The van der Waals surface area contributed by atoms with Gasteiger partial charge in [-0.15, -0.1) is 6.58 Å². The van der Waals surface area contributed by atoms with Gasteiger partial charge < -0.3 is 19.5 Å². The van der Waals surface area contributed by atoms with Crippen LogP contribution in [0.5, 0.6) is 0 Å². The Kier molecular flexibility index (Phi) is 17.8. The molecule has 0 atom stereocenters. The first-order valence-electron chi connectivity index (χ1n) is 5.71. The molecule has 0 aromatic rings. The second kappa shape index (κ2) is 14.0. The molecule has 0 fully saturated rings. The highest BCUT2D eigenvalue weighted by molar-refractivity contribution is 5.50. The van der Waals surface area contributed by atoms with Gasteiger partial charge >= 0.3 is 0 Å². The third kappa shape index (κ3) is 15.4.